The van der Waals surface area contributed by atoms with Gasteiger partial charge < -0.3 is 9.30 Å². The first-order valence-corrected chi connectivity index (χ1v) is 3.78. The van der Waals surface area contributed by atoms with Crippen LogP contribution < -0.4 is 0 Å². The first-order valence-electron chi connectivity index (χ1n) is 3.78. The molecule has 0 bridgehead atoms. The summed E-state index contributed by atoms with van der Waals surface area (Å²) in [4.78, 5) is 15.0. The fourth-order valence-electron chi connectivity index (χ4n) is 0.793. The van der Waals surface area contributed by atoms with Gasteiger partial charge in [0.1, 0.15) is 0 Å². The second-order valence-corrected chi connectivity index (χ2v) is 2.88. The standard InChI is InChI=1S/C8H12N2O2/c1-6(2)12-8(11)7-4-10(3)5-9-7/h4-6H,1-3H3. The van der Waals surface area contributed by atoms with Gasteiger partial charge in [-0.1, -0.05) is 0 Å². The molecule has 1 aromatic heterocycles. The molecule has 0 aliphatic heterocycles. The normalized spacial score (nSPS) is 10.3. The van der Waals surface area contributed by atoms with Gasteiger partial charge in [-0.05, 0) is 13.8 Å². The fourth-order valence-corrected chi connectivity index (χ4v) is 0.793. The Morgan fingerprint density at radius 3 is 2.75 bits per heavy atom. The van der Waals surface area contributed by atoms with Crippen LogP contribution >= 0.6 is 0 Å². The summed E-state index contributed by atoms with van der Waals surface area (Å²) < 4.78 is 6.64. The molecule has 0 amide bonds. The molecular weight excluding hydrogens is 156 g/mol. The Balaban J connectivity index is 2.65. The predicted octanol–water partition coefficient (Wildman–Crippen LogP) is 0.985. The minimum absolute atomic E-state index is 0.0977. The molecule has 4 nitrogen and oxygen atoms in total. The van der Waals surface area contributed by atoms with Crippen molar-refractivity contribution in [3.8, 4) is 0 Å². The average Bonchev–Trinajstić information content (AvgIpc) is 2.34. The van der Waals surface area contributed by atoms with E-state index in [0.717, 1.165) is 0 Å². The highest BCUT2D eigenvalue weighted by Crippen LogP contribution is 1.99. The number of aromatic nitrogens is 2. The summed E-state index contributed by atoms with van der Waals surface area (Å²) >= 11 is 0. The number of carbonyl (C=O) groups is 1. The Bertz CT molecular complexity index is 278. The lowest BCUT2D eigenvalue weighted by Crippen LogP contribution is -2.11. The molecule has 1 aromatic rings. The van der Waals surface area contributed by atoms with E-state index in [-0.39, 0.29) is 12.1 Å². The molecule has 0 saturated heterocycles. The Hall–Kier alpha value is -1.32. The van der Waals surface area contributed by atoms with Crippen molar-refractivity contribution in [2.75, 3.05) is 0 Å². The van der Waals surface area contributed by atoms with Crippen LogP contribution in [0.2, 0.25) is 0 Å². The molecule has 0 saturated carbocycles. The van der Waals surface area contributed by atoms with Crippen molar-refractivity contribution in [2.45, 2.75) is 20.0 Å². The number of carbonyl (C=O) groups excluding carboxylic acids is 1. The summed E-state index contributed by atoms with van der Waals surface area (Å²) in [5, 5.41) is 0. The predicted molar refractivity (Wildman–Crippen MR) is 43.8 cm³/mol. The number of rotatable bonds is 2. The number of hydrogen-bond donors (Lipinski definition) is 0. The summed E-state index contributed by atoms with van der Waals surface area (Å²) in [6.45, 7) is 3.61. The first kappa shape index (κ1) is 8.77. The van der Waals surface area contributed by atoms with E-state index in [4.69, 9.17) is 4.74 Å². The molecule has 4 heteroatoms. The van der Waals surface area contributed by atoms with Gasteiger partial charge in [0.15, 0.2) is 5.69 Å². The minimum atomic E-state index is -0.370. The van der Waals surface area contributed by atoms with Gasteiger partial charge in [-0.3, -0.25) is 0 Å². The van der Waals surface area contributed by atoms with Crippen molar-refractivity contribution in [3.63, 3.8) is 0 Å². The van der Waals surface area contributed by atoms with Crippen molar-refractivity contribution in [1.29, 1.82) is 0 Å². The van der Waals surface area contributed by atoms with Gasteiger partial charge >= 0.3 is 5.97 Å². The number of nitrogens with zero attached hydrogens (tertiary/aromatic N) is 2. The zero-order valence-corrected chi connectivity index (χ0v) is 7.44. The quantitative estimate of drug-likeness (QED) is 0.618. The Labute approximate surface area is 71.2 Å². The van der Waals surface area contributed by atoms with E-state index in [9.17, 15) is 4.79 Å². The lowest BCUT2D eigenvalue weighted by Gasteiger charge is -2.04. The number of hydrogen-bond acceptors (Lipinski definition) is 3. The second-order valence-electron chi connectivity index (χ2n) is 2.88. The van der Waals surface area contributed by atoms with E-state index in [0.29, 0.717) is 5.69 Å². The van der Waals surface area contributed by atoms with E-state index in [1.54, 1.807) is 38.0 Å². The average molecular weight is 168 g/mol. The summed E-state index contributed by atoms with van der Waals surface area (Å²) in [6.07, 6.45) is 3.10. The summed E-state index contributed by atoms with van der Waals surface area (Å²) in [6, 6.07) is 0. The molecule has 0 aromatic carbocycles. The van der Waals surface area contributed by atoms with Gasteiger partial charge in [0.2, 0.25) is 0 Å². The van der Waals surface area contributed by atoms with Crippen LogP contribution in [-0.4, -0.2) is 21.6 Å². The molecule has 0 aliphatic carbocycles. The molecule has 0 unspecified atom stereocenters. The van der Waals surface area contributed by atoms with Crippen LogP contribution in [0.5, 0.6) is 0 Å². The zero-order valence-electron chi connectivity index (χ0n) is 7.44. The Morgan fingerprint density at radius 1 is 1.67 bits per heavy atom. The van der Waals surface area contributed by atoms with Crippen LogP contribution in [0.1, 0.15) is 24.3 Å². The van der Waals surface area contributed by atoms with E-state index in [1.807, 2.05) is 0 Å². The van der Waals surface area contributed by atoms with Gasteiger partial charge in [-0.15, -0.1) is 0 Å². The molecule has 0 fully saturated rings. The third kappa shape index (κ3) is 2.08. The lowest BCUT2D eigenvalue weighted by atomic mass is 10.4. The van der Waals surface area contributed by atoms with Crippen molar-refractivity contribution in [2.24, 2.45) is 7.05 Å². The van der Waals surface area contributed by atoms with Crippen LogP contribution in [-0.2, 0) is 11.8 Å². The highest BCUT2D eigenvalue weighted by molar-refractivity contribution is 5.86. The minimum Gasteiger partial charge on any atom is -0.458 e. The number of aryl methyl sites for hydroxylation is 1. The van der Waals surface area contributed by atoms with Crippen molar-refractivity contribution in [3.05, 3.63) is 18.2 Å². The van der Waals surface area contributed by atoms with E-state index in [1.165, 1.54) is 0 Å². The molecule has 0 spiro atoms. The monoisotopic (exact) mass is 168 g/mol. The number of esters is 1. The molecule has 1 rings (SSSR count). The summed E-state index contributed by atoms with van der Waals surface area (Å²) in [7, 11) is 1.80. The summed E-state index contributed by atoms with van der Waals surface area (Å²) in [5.41, 5.74) is 0.353. The van der Waals surface area contributed by atoms with Crippen LogP contribution in [0.25, 0.3) is 0 Å². The smallest absolute Gasteiger partial charge is 0.358 e. The number of ether oxygens (including phenoxy) is 1. The molecular formula is C8H12N2O2. The maximum atomic E-state index is 11.2. The molecule has 1 heterocycles. The largest absolute Gasteiger partial charge is 0.458 e. The zero-order chi connectivity index (χ0) is 9.14. The fraction of sp³-hybridized carbons (Fsp3) is 0.500. The van der Waals surface area contributed by atoms with Gasteiger partial charge in [0.25, 0.3) is 0 Å². The molecule has 0 N–H and O–H groups in total. The highest BCUT2D eigenvalue weighted by atomic mass is 16.5. The summed E-state index contributed by atoms with van der Waals surface area (Å²) in [5.74, 6) is -0.370. The maximum Gasteiger partial charge on any atom is 0.358 e. The van der Waals surface area contributed by atoms with Gasteiger partial charge in [0, 0.05) is 13.2 Å². The Morgan fingerprint density at radius 2 is 2.33 bits per heavy atom. The van der Waals surface area contributed by atoms with Crippen LogP contribution in [0.3, 0.4) is 0 Å². The third-order valence-electron chi connectivity index (χ3n) is 1.26. The van der Waals surface area contributed by atoms with Crippen LogP contribution in [0, 0.1) is 0 Å². The molecule has 0 atom stereocenters. The van der Waals surface area contributed by atoms with E-state index in [2.05, 4.69) is 4.98 Å². The highest BCUT2D eigenvalue weighted by Gasteiger charge is 2.10. The number of imidazole rings is 1. The van der Waals surface area contributed by atoms with Crippen LogP contribution in [0.15, 0.2) is 12.5 Å². The molecule has 0 aliphatic rings. The van der Waals surface area contributed by atoms with Crippen molar-refractivity contribution < 1.29 is 9.53 Å². The van der Waals surface area contributed by atoms with Crippen molar-refractivity contribution in [1.82, 2.24) is 9.55 Å². The maximum absolute atomic E-state index is 11.2. The molecule has 66 valence electrons. The van der Waals surface area contributed by atoms with Crippen molar-refractivity contribution >= 4 is 5.97 Å². The van der Waals surface area contributed by atoms with Gasteiger partial charge in [-0.25, -0.2) is 9.78 Å². The molecule has 12 heavy (non-hydrogen) atoms. The Kier molecular flexibility index (Phi) is 2.47. The van der Waals surface area contributed by atoms with E-state index < -0.39 is 0 Å². The van der Waals surface area contributed by atoms with Crippen LogP contribution in [0.4, 0.5) is 0 Å². The first-order chi connectivity index (χ1) is 5.59. The van der Waals surface area contributed by atoms with Gasteiger partial charge in [0.05, 0.1) is 12.4 Å². The lowest BCUT2D eigenvalue weighted by molar-refractivity contribution is 0.0371. The SMILES string of the molecule is CC(C)OC(=O)c1cn(C)cn1. The second kappa shape index (κ2) is 3.38. The van der Waals surface area contributed by atoms with E-state index >= 15 is 0 Å². The molecule has 0 radical (unpaired) electrons. The van der Waals surface area contributed by atoms with Gasteiger partial charge in [-0.2, -0.15) is 0 Å². The topological polar surface area (TPSA) is 44.1 Å². The third-order valence-corrected chi connectivity index (χ3v) is 1.26.